The maximum atomic E-state index is 12.7. The summed E-state index contributed by atoms with van der Waals surface area (Å²) in [6, 6.07) is 5.78. The molecule has 1 aromatic carbocycles. The Morgan fingerprint density at radius 2 is 1.90 bits per heavy atom. The molecule has 2 aromatic rings. The molecule has 0 aliphatic heterocycles. The van der Waals surface area contributed by atoms with Gasteiger partial charge in [0.15, 0.2) is 0 Å². The zero-order chi connectivity index (χ0) is 22.4. The van der Waals surface area contributed by atoms with Crippen molar-refractivity contribution in [1.82, 2.24) is 20.3 Å². The van der Waals surface area contributed by atoms with E-state index in [1.165, 1.54) is 18.2 Å². The van der Waals surface area contributed by atoms with Crippen molar-refractivity contribution in [3.63, 3.8) is 0 Å². The van der Waals surface area contributed by atoms with Gasteiger partial charge in [-0.3, -0.25) is 4.79 Å². The highest BCUT2D eigenvalue weighted by Gasteiger charge is 2.32. The third-order valence-corrected chi connectivity index (χ3v) is 5.00. The van der Waals surface area contributed by atoms with Crippen LogP contribution in [0.3, 0.4) is 0 Å². The van der Waals surface area contributed by atoms with Crippen LogP contribution in [-0.2, 0) is 11.3 Å². The van der Waals surface area contributed by atoms with E-state index >= 15 is 0 Å². The van der Waals surface area contributed by atoms with E-state index in [4.69, 9.17) is 0 Å². The molecule has 1 saturated carbocycles. The molecule has 0 bridgehead atoms. The first-order valence-corrected chi connectivity index (χ1v) is 10.0. The fraction of sp³-hybridized carbons (Fsp3) is 0.500. The molecule has 3 rings (SSSR count). The molecule has 1 aromatic heterocycles. The number of amides is 1. The van der Waals surface area contributed by atoms with Gasteiger partial charge in [0, 0.05) is 31.1 Å². The smallest absolute Gasteiger partial charge is 0.405 e. The van der Waals surface area contributed by atoms with E-state index in [-0.39, 0.29) is 35.7 Å². The van der Waals surface area contributed by atoms with Crippen LogP contribution < -0.4 is 20.7 Å². The van der Waals surface area contributed by atoms with Gasteiger partial charge in [-0.25, -0.2) is 0 Å². The Kier molecular flexibility index (Phi) is 7.13. The van der Waals surface area contributed by atoms with Crippen molar-refractivity contribution in [2.24, 2.45) is 5.92 Å². The lowest BCUT2D eigenvalue weighted by Crippen LogP contribution is -2.37. The first-order valence-electron chi connectivity index (χ1n) is 10.0. The van der Waals surface area contributed by atoms with Crippen molar-refractivity contribution >= 4 is 17.8 Å². The van der Waals surface area contributed by atoms with Gasteiger partial charge in [-0.05, 0) is 32.3 Å². The molecule has 1 fully saturated rings. The Labute approximate surface area is 178 Å². The van der Waals surface area contributed by atoms with Crippen LogP contribution in [0.15, 0.2) is 24.3 Å². The number of para-hydroxylation sites is 1. The van der Waals surface area contributed by atoms with Crippen molar-refractivity contribution in [2.45, 2.75) is 51.6 Å². The normalized spacial score (nSPS) is 18.9. The van der Waals surface area contributed by atoms with Gasteiger partial charge < -0.3 is 20.7 Å². The summed E-state index contributed by atoms with van der Waals surface area (Å²) in [5, 5.41) is 8.88. The Bertz CT molecular complexity index is 909. The quantitative estimate of drug-likeness (QED) is 0.609. The largest absolute Gasteiger partial charge is 0.573 e. The zero-order valence-corrected chi connectivity index (χ0v) is 17.3. The van der Waals surface area contributed by atoms with E-state index < -0.39 is 6.36 Å². The van der Waals surface area contributed by atoms with Crippen molar-refractivity contribution in [3.8, 4) is 5.75 Å². The number of nitrogens with zero attached hydrogens (tertiary/aromatic N) is 3. The molecule has 1 aliphatic carbocycles. The Hall–Kier alpha value is -3.11. The number of benzene rings is 1. The van der Waals surface area contributed by atoms with Crippen molar-refractivity contribution in [3.05, 3.63) is 35.7 Å². The highest BCUT2D eigenvalue weighted by atomic mass is 19.4. The van der Waals surface area contributed by atoms with Gasteiger partial charge in [0.2, 0.25) is 17.8 Å². The number of aromatic nitrogens is 3. The topological polar surface area (TPSA) is 101 Å². The maximum absolute atomic E-state index is 12.7. The van der Waals surface area contributed by atoms with Crippen LogP contribution in [0.4, 0.5) is 25.1 Å². The van der Waals surface area contributed by atoms with Crippen molar-refractivity contribution < 1.29 is 22.7 Å². The fourth-order valence-electron chi connectivity index (χ4n) is 3.60. The molecule has 1 aliphatic rings. The minimum atomic E-state index is -4.79. The predicted molar refractivity (Wildman–Crippen MR) is 108 cm³/mol. The Morgan fingerprint density at radius 3 is 2.65 bits per heavy atom. The van der Waals surface area contributed by atoms with E-state index in [0.29, 0.717) is 30.6 Å². The summed E-state index contributed by atoms with van der Waals surface area (Å²) in [5.74, 6) is 0.710. The third kappa shape index (κ3) is 6.69. The summed E-state index contributed by atoms with van der Waals surface area (Å²) in [6.07, 6.45) is -1.80. The molecule has 11 heteroatoms. The fourth-order valence-corrected chi connectivity index (χ4v) is 3.60. The summed E-state index contributed by atoms with van der Waals surface area (Å²) in [7, 11) is 1.72. The van der Waals surface area contributed by atoms with E-state index in [0.717, 1.165) is 12.8 Å². The van der Waals surface area contributed by atoms with Gasteiger partial charge in [-0.1, -0.05) is 24.6 Å². The Morgan fingerprint density at radius 1 is 1.16 bits per heavy atom. The third-order valence-electron chi connectivity index (χ3n) is 5.00. The van der Waals surface area contributed by atoms with E-state index in [1.54, 1.807) is 20.0 Å². The molecular weight excluding hydrogens is 413 g/mol. The molecule has 0 unspecified atom stereocenters. The number of carbonyl (C=O) groups is 1. The number of carbonyl (C=O) groups excluding carboxylic acids is 1. The van der Waals surface area contributed by atoms with Gasteiger partial charge >= 0.3 is 6.36 Å². The number of anilines is 2. The lowest BCUT2D eigenvalue weighted by molar-refractivity contribution is -0.274. The lowest BCUT2D eigenvalue weighted by Gasteiger charge is -2.29. The first-order chi connectivity index (χ1) is 14.7. The van der Waals surface area contributed by atoms with Crippen LogP contribution in [0, 0.1) is 12.8 Å². The molecule has 3 N–H and O–H groups in total. The van der Waals surface area contributed by atoms with Gasteiger partial charge in [-0.2, -0.15) is 15.0 Å². The molecule has 8 nitrogen and oxygen atoms in total. The van der Waals surface area contributed by atoms with Crippen LogP contribution in [0.25, 0.3) is 0 Å². The van der Waals surface area contributed by atoms with Crippen LogP contribution in [0.2, 0.25) is 0 Å². The molecule has 2 atom stereocenters. The predicted octanol–water partition coefficient (Wildman–Crippen LogP) is 3.41. The van der Waals surface area contributed by atoms with Gasteiger partial charge in [0.25, 0.3) is 0 Å². The molecule has 31 heavy (non-hydrogen) atoms. The molecule has 168 valence electrons. The monoisotopic (exact) mass is 438 g/mol. The number of aryl methyl sites for hydroxylation is 1. The number of hydrogen-bond acceptors (Lipinski definition) is 7. The summed E-state index contributed by atoms with van der Waals surface area (Å²) in [4.78, 5) is 25.4. The molecule has 1 heterocycles. The second-order valence-electron chi connectivity index (χ2n) is 7.36. The minimum Gasteiger partial charge on any atom is -0.405 e. The molecule has 1 amide bonds. The van der Waals surface area contributed by atoms with Gasteiger partial charge in [-0.15, -0.1) is 13.2 Å². The van der Waals surface area contributed by atoms with E-state index in [1.807, 2.05) is 0 Å². The molecule has 0 radical (unpaired) electrons. The molecule has 0 spiro atoms. The van der Waals surface area contributed by atoms with Crippen molar-refractivity contribution in [1.29, 1.82) is 0 Å². The second-order valence-corrected chi connectivity index (χ2v) is 7.36. The van der Waals surface area contributed by atoms with Gasteiger partial charge in [0.1, 0.15) is 11.6 Å². The average Bonchev–Trinajstić information content (AvgIpc) is 2.71. The number of rotatable bonds is 7. The number of alkyl halides is 3. The SMILES string of the molecule is CNc1nc(C)nc(N[C@H]2CCC[C@@H](C(=O)NCc3ccccc3OC(F)(F)F)C2)n1. The maximum Gasteiger partial charge on any atom is 0.573 e. The zero-order valence-electron chi connectivity index (χ0n) is 17.3. The molecule has 0 saturated heterocycles. The summed E-state index contributed by atoms with van der Waals surface area (Å²) in [5.41, 5.74) is 0.263. The van der Waals surface area contributed by atoms with Crippen LogP contribution in [0.1, 0.15) is 37.1 Å². The average molecular weight is 438 g/mol. The highest BCUT2D eigenvalue weighted by Crippen LogP contribution is 2.28. The van der Waals surface area contributed by atoms with Gasteiger partial charge in [0.05, 0.1) is 0 Å². The first kappa shape index (κ1) is 22.6. The number of ether oxygens (including phenoxy) is 1. The highest BCUT2D eigenvalue weighted by molar-refractivity contribution is 5.78. The van der Waals surface area contributed by atoms with Crippen molar-refractivity contribution in [2.75, 3.05) is 17.7 Å². The molecular formula is C20H25F3N6O2. The minimum absolute atomic E-state index is 0.0110. The number of halogens is 3. The summed E-state index contributed by atoms with van der Waals surface area (Å²) >= 11 is 0. The van der Waals surface area contributed by atoms with E-state index in [9.17, 15) is 18.0 Å². The standard InChI is InChI=1S/C20H25F3N6O2/c1-12-26-18(24-2)29-19(27-12)28-15-8-5-7-13(10-15)17(30)25-11-14-6-3-4-9-16(14)31-20(21,22)23/h3-4,6,9,13,15H,5,7-8,10-11H2,1-2H3,(H,25,30)(H2,24,26,27,28,29)/t13-,15+/m1/s1. The van der Waals surface area contributed by atoms with E-state index in [2.05, 4.69) is 35.6 Å². The summed E-state index contributed by atoms with van der Waals surface area (Å²) < 4.78 is 41.8. The van der Waals surface area contributed by atoms with Crippen LogP contribution in [0.5, 0.6) is 5.75 Å². The Balaban J connectivity index is 1.57. The second kappa shape index (κ2) is 9.80. The number of hydrogen-bond donors (Lipinski definition) is 3. The summed E-state index contributed by atoms with van der Waals surface area (Å²) in [6.45, 7) is 1.73. The van der Waals surface area contributed by atoms with Crippen LogP contribution >= 0.6 is 0 Å². The van der Waals surface area contributed by atoms with Crippen LogP contribution in [-0.4, -0.2) is 40.3 Å². The number of nitrogens with one attached hydrogen (secondary N) is 3. The lowest BCUT2D eigenvalue weighted by atomic mass is 9.85.